The van der Waals surface area contributed by atoms with E-state index in [9.17, 15) is 22.0 Å². The highest BCUT2D eigenvalue weighted by Gasteiger charge is 2.46. The number of hydrogen-bond acceptors (Lipinski definition) is 1. The van der Waals surface area contributed by atoms with Crippen molar-refractivity contribution in [2.24, 2.45) is 0 Å². The fourth-order valence-corrected chi connectivity index (χ4v) is 4.02. The molecule has 0 N–H and O–H groups in total. The molecule has 1 saturated heterocycles. The molecule has 1 nitrogen and oxygen atoms in total. The highest BCUT2D eigenvalue weighted by atomic mass is 19.2. The molecule has 1 aliphatic carbocycles. The van der Waals surface area contributed by atoms with Crippen molar-refractivity contribution in [3.8, 4) is 0 Å². The monoisotopic (exact) mass is 319 g/mol. The van der Waals surface area contributed by atoms with Gasteiger partial charge in [-0.15, -0.1) is 0 Å². The third-order valence-corrected chi connectivity index (χ3v) is 5.07. The summed E-state index contributed by atoms with van der Waals surface area (Å²) in [4.78, 5) is 1.92. The van der Waals surface area contributed by atoms with E-state index in [2.05, 4.69) is 0 Å². The summed E-state index contributed by atoms with van der Waals surface area (Å²) >= 11 is 0. The summed E-state index contributed by atoms with van der Waals surface area (Å²) < 4.78 is 69.3. The summed E-state index contributed by atoms with van der Waals surface area (Å²) in [5, 5.41) is 0. The van der Waals surface area contributed by atoms with E-state index in [1.54, 1.807) is 0 Å². The van der Waals surface area contributed by atoms with E-state index in [0.717, 1.165) is 32.1 Å². The van der Waals surface area contributed by atoms with Crippen LogP contribution in [0.5, 0.6) is 0 Å². The zero-order valence-electron chi connectivity index (χ0n) is 12.2. The lowest BCUT2D eigenvalue weighted by molar-refractivity contribution is 0.0608. The number of nitrogens with zero attached hydrogens (tertiary/aromatic N) is 1. The van der Waals surface area contributed by atoms with Crippen LogP contribution in [-0.2, 0) is 5.54 Å². The van der Waals surface area contributed by atoms with Gasteiger partial charge in [0.2, 0.25) is 5.82 Å². The van der Waals surface area contributed by atoms with Gasteiger partial charge in [-0.3, -0.25) is 4.90 Å². The summed E-state index contributed by atoms with van der Waals surface area (Å²) in [7, 11) is 0. The molecule has 0 atom stereocenters. The summed E-state index contributed by atoms with van der Waals surface area (Å²) in [6.45, 7) is 1.28. The molecular weight excluding hydrogens is 301 g/mol. The molecule has 2 fully saturated rings. The number of benzene rings is 1. The first-order valence-corrected chi connectivity index (χ1v) is 7.76. The quantitative estimate of drug-likeness (QED) is 0.436. The van der Waals surface area contributed by atoms with Crippen molar-refractivity contribution in [3.05, 3.63) is 34.6 Å². The van der Waals surface area contributed by atoms with Crippen LogP contribution in [0.3, 0.4) is 0 Å². The van der Waals surface area contributed by atoms with E-state index < -0.39 is 40.2 Å². The van der Waals surface area contributed by atoms with Crippen LogP contribution < -0.4 is 0 Å². The van der Waals surface area contributed by atoms with Crippen LogP contribution in [0.4, 0.5) is 22.0 Å². The van der Waals surface area contributed by atoms with Crippen LogP contribution >= 0.6 is 0 Å². The topological polar surface area (TPSA) is 3.24 Å². The van der Waals surface area contributed by atoms with Gasteiger partial charge in [0, 0.05) is 0 Å². The summed E-state index contributed by atoms with van der Waals surface area (Å²) in [6.07, 6.45) is 5.03. The van der Waals surface area contributed by atoms with Gasteiger partial charge in [0.15, 0.2) is 23.3 Å². The molecule has 22 heavy (non-hydrogen) atoms. The van der Waals surface area contributed by atoms with Crippen LogP contribution in [0.25, 0.3) is 0 Å². The largest absolute Gasteiger partial charge is 0.293 e. The molecule has 2 aliphatic rings. The first kappa shape index (κ1) is 15.7. The SMILES string of the molecule is Fc1c(F)c(F)c(C2(N3CCCC3)CCCCC2)c(F)c1F. The lowest BCUT2D eigenvalue weighted by Crippen LogP contribution is -2.47. The Morgan fingerprint density at radius 2 is 1.05 bits per heavy atom. The molecule has 0 amide bonds. The first-order valence-electron chi connectivity index (χ1n) is 7.76. The van der Waals surface area contributed by atoms with Gasteiger partial charge in [0.05, 0.1) is 11.1 Å². The molecule has 1 aromatic carbocycles. The average molecular weight is 319 g/mol. The highest BCUT2D eigenvalue weighted by Crippen LogP contribution is 2.46. The Hall–Kier alpha value is -1.17. The van der Waals surface area contributed by atoms with Crippen molar-refractivity contribution in [3.63, 3.8) is 0 Å². The number of halogens is 5. The molecule has 122 valence electrons. The summed E-state index contributed by atoms with van der Waals surface area (Å²) in [5.41, 5.74) is -1.68. The Balaban J connectivity index is 2.20. The second-order valence-corrected chi connectivity index (χ2v) is 6.23. The molecule has 6 heteroatoms. The van der Waals surface area contributed by atoms with Gasteiger partial charge >= 0.3 is 0 Å². The van der Waals surface area contributed by atoms with Crippen molar-refractivity contribution in [2.75, 3.05) is 13.1 Å². The second-order valence-electron chi connectivity index (χ2n) is 6.23. The molecule has 0 unspecified atom stereocenters. The number of likely N-dealkylation sites (tertiary alicyclic amines) is 1. The van der Waals surface area contributed by atoms with E-state index in [-0.39, 0.29) is 0 Å². The zero-order chi connectivity index (χ0) is 15.9. The predicted molar refractivity (Wildman–Crippen MR) is 71.8 cm³/mol. The van der Waals surface area contributed by atoms with Crippen LogP contribution in [-0.4, -0.2) is 18.0 Å². The van der Waals surface area contributed by atoms with Crippen LogP contribution in [0.15, 0.2) is 0 Å². The normalized spacial score (nSPS) is 22.2. The van der Waals surface area contributed by atoms with Crippen LogP contribution in [0.1, 0.15) is 50.5 Å². The van der Waals surface area contributed by atoms with Gasteiger partial charge in [0.25, 0.3) is 0 Å². The van der Waals surface area contributed by atoms with E-state index >= 15 is 0 Å². The minimum Gasteiger partial charge on any atom is -0.293 e. The third-order valence-electron chi connectivity index (χ3n) is 5.07. The van der Waals surface area contributed by atoms with E-state index in [1.165, 1.54) is 0 Å². The fraction of sp³-hybridized carbons (Fsp3) is 0.625. The molecular formula is C16H18F5N. The molecule has 0 spiro atoms. The highest BCUT2D eigenvalue weighted by molar-refractivity contribution is 5.32. The standard InChI is InChI=1S/C16H18F5N/c17-11-10(12(18)14(20)15(21)13(11)19)16(6-2-1-3-7-16)22-8-4-5-9-22/h1-9H2. The maximum absolute atomic E-state index is 14.3. The fourth-order valence-electron chi connectivity index (χ4n) is 4.02. The lowest BCUT2D eigenvalue weighted by atomic mass is 9.74. The third kappa shape index (κ3) is 2.23. The Kier molecular flexibility index (Phi) is 4.14. The van der Waals surface area contributed by atoms with Crippen molar-refractivity contribution in [1.29, 1.82) is 0 Å². The van der Waals surface area contributed by atoms with Gasteiger partial charge in [-0.05, 0) is 38.8 Å². The average Bonchev–Trinajstić information content (AvgIpc) is 3.07. The molecule has 1 saturated carbocycles. The van der Waals surface area contributed by atoms with Gasteiger partial charge < -0.3 is 0 Å². The molecule has 0 aromatic heterocycles. The summed E-state index contributed by atoms with van der Waals surface area (Å²) in [6, 6.07) is 0. The lowest BCUT2D eigenvalue weighted by Gasteiger charge is -2.45. The van der Waals surface area contributed by atoms with Crippen molar-refractivity contribution < 1.29 is 22.0 Å². The maximum atomic E-state index is 14.3. The number of hydrogen-bond donors (Lipinski definition) is 0. The minimum atomic E-state index is -2.08. The number of rotatable bonds is 2. The molecule has 0 bridgehead atoms. The van der Waals surface area contributed by atoms with Crippen molar-refractivity contribution in [1.82, 2.24) is 4.90 Å². The smallest absolute Gasteiger partial charge is 0.200 e. The Morgan fingerprint density at radius 3 is 1.55 bits per heavy atom. The molecule has 1 aromatic rings. The van der Waals surface area contributed by atoms with Gasteiger partial charge in [-0.1, -0.05) is 19.3 Å². The Labute approximate surface area is 126 Å². The van der Waals surface area contributed by atoms with Crippen molar-refractivity contribution >= 4 is 0 Å². The van der Waals surface area contributed by atoms with Crippen LogP contribution in [0, 0.1) is 29.1 Å². The first-order chi connectivity index (χ1) is 10.5. The molecule has 3 rings (SSSR count). The zero-order valence-corrected chi connectivity index (χ0v) is 12.2. The summed E-state index contributed by atoms with van der Waals surface area (Å²) in [5.74, 6) is -9.07. The minimum absolute atomic E-state index is 0.436. The van der Waals surface area contributed by atoms with E-state index in [4.69, 9.17) is 0 Å². The van der Waals surface area contributed by atoms with E-state index in [1.807, 2.05) is 4.90 Å². The Bertz CT molecular complexity index is 545. The van der Waals surface area contributed by atoms with Crippen LogP contribution in [0.2, 0.25) is 0 Å². The van der Waals surface area contributed by atoms with Gasteiger partial charge in [0.1, 0.15) is 0 Å². The molecule has 0 radical (unpaired) electrons. The Morgan fingerprint density at radius 1 is 0.591 bits per heavy atom. The molecule has 1 aliphatic heterocycles. The van der Waals surface area contributed by atoms with E-state index in [0.29, 0.717) is 25.9 Å². The van der Waals surface area contributed by atoms with Crippen molar-refractivity contribution in [2.45, 2.75) is 50.5 Å². The van der Waals surface area contributed by atoms with Gasteiger partial charge in [-0.25, -0.2) is 22.0 Å². The van der Waals surface area contributed by atoms with Gasteiger partial charge in [-0.2, -0.15) is 0 Å². The second kappa shape index (κ2) is 5.80. The molecule has 1 heterocycles. The predicted octanol–water partition coefficient (Wildman–Crippen LogP) is 4.64. The maximum Gasteiger partial charge on any atom is 0.200 e.